The summed E-state index contributed by atoms with van der Waals surface area (Å²) < 4.78 is 11.8. The minimum atomic E-state index is -4.64. The van der Waals surface area contributed by atoms with E-state index < -0.39 is 19.3 Å². The third kappa shape index (κ3) is 2.79. The summed E-state index contributed by atoms with van der Waals surface area (Å²) in [7, 11) is -4.64. The predicted octanol–water partition coefficient (Wildman–Crippen LogP) is 1.05. The molecule has 114 valence electrons. The summed E-state index contributed by atoms with van der Waals surface area (Å²) in [5, 5.41) is 0.128. The number of pyridine rings is 1. The van der Waals surface area contributed by atoms with Gasteiger partial charge >= 0.3 is 7.60 Å². The van der Waals surface area contributed by atoms with Crippen molar-refractivity contribution in [2.45, 2.75) is 24.7 Å². The minimum Gasteiger partial charge on any atom is -0.345 e. The van der Waals surface area contributed by atoms with Crippen LogP contribution in [0.4, 0.5) is 5.69 Å². The van der Waals surface area contributed by atoms with Crippen molar-refractivity contribution in [2.75, 3.05) is 18.0 Å². The first-order valence-electron chi connectivity index (χ1n) is 6.62. The molecule has 2 N–H and O–H groups in total. The van der Waals surface area contributed by atoms with Crippen LogP contribution < -0.4 is 4.90 Å². The fraction of sp³-hybridized carbons (Fsp3) is 0.500. The van der Waals surface area contributed by atoms with E-state index >= 15 is 0 Å². The van der Waals surface area contributed by atoms with Gasteiger partial charge in [-0.1, -0.05) is 11.6 Å². The van der Waals surface area contributed by atoms with Gasteiger partial charge in [-0.25, -0.2) is 4.98 Å². The maximum Gasteiger partial charge on any atom is 0.357 e. The van der Waals surface area contributed by atoms with Crippen LogP contribution in [0.3, 0.4) is 0 Å². The van der Waals surface area contributed by atoms with Crippen molar-refractivity contribution in [3.63, 3.8) is 0 Å². The molecule has 7 nitrogen and oxygen atoms in total. The van der Waals surface area contributed by atoms with E-state index in [2.05, 4.69) is 4.98 Å². The van der Waals surface area contributed by atoms with Gasteiger partial charge in [-0.15, -0.1) is 0 Å². The predicted molar refractivity (Wildman–Crippen MR) is 77.2 cm³/mol. The Kier molecular flexibility index (Phi) is 3.69. The fourth-order valence-electron chi connectivity index (χ4n) is 2.65. The van der Waals surface area contributed by atoms with E-state index in [1.54, 1.807) is 17.0 Å². The number of hydrogen-bond acceptors (Lipinski definition) is 4. The first-order chi connectivity index (χ1) is 9.89. The zero-order valence-corrected chi connectivity index (χ0v) is 12.7. The van der Waals surface area contributed by atoms with Crippen LogP contribution in [0.5, 0.6) is 0 Å². The molecule has 0 spiro atoms. The summed E-state index contributed by atoms with van der Waals surface area (Å²) in [5.74, 6) is -2.05. The molecule has 0 radical (unpaired) electrons. The Morgan fingerprint density at radius 2 is 1.95 bits per heavy atom. The lowest BCUT2D eigenvalue weighted by atomic mass is 10.2. The minimum absolute atomic E-state index is 0.123. The molecule has 2 aliphatic rings. The van der Waals surface area contributed by atoms with Crippen LogP contribution >= 0.6 is 19.2 Å². The van der Waals surface area contributed by atoms with Crippen molar-refractivity contribution < 1.29 is 19.1 Å². The fourth-order valence-corrected chi connectivity index (χ4v) is 3.91. The quantitative estimate of drug-likeness (QED) is 0.635. The molecule has 21 heavy (non-hydrogen) atoms. The smallest absolute Gasteiger partial charge is 0.345 e. The van der Waals surface area contributed by atoms with Gasteiger partial charge in [-0.2, -0.15) is 0 Å². The SMILES string of the molecule is O=C1C(P(=O)(O)O)N(c2cccnc2Cl)CCN1C1CC1. The van der Waals surface area contributed by atoms with Gasteiger partial charge in [-0.3, -0.25) is 9.36 Å². The van der Waals surface area contributed by atoms with Crippen molar-refractivity contribution in [3.05, 3.63) is 23.5 Å². The zero-order valence-electron chi connectivity index (χ0n) is 11.1. The highest BCUT2D eigenvalue weighted by molar-refractivity contribution is 7.53. The highest BCUT2D eigenvalue weighted by Gasteiger charge is 2.49. The van der Waals surface area contributed by atoms with E-state index in [-0.39, 0.29) is 11.2 Å². The molecule has 0 aromatic carbocycles. The van der Waals surface area contributed by atoms with Crippen molar-refractivity contribution in [1.29, 1.82) is 0 Å². The molecule has 9 heteroatoms. The summed E-state index contributed by atoms with van der Waals surface area (Å²) in [5.41, 5.74) is 0.372. The molecular formula is C12H15ClN3O4P. The van der Waals surface area contributed by atoms with E-state index in [4.69, 9.17) is 11.6 Å². The molecule has 3 rings (SSSR count). The highest BCUT2D eigenvalue weighted by Crippen LogP contribution is 2.48. The second-order valence-electron chi connectivity index (χ2n) is 5.23. The number of amides is 1. The molecule has 1 aliphatic carbocycles. The average Bonchev–Trinajstić information content (AvgIpc) is 3.21. The van der Waals surface area contributed by atoms with E-state index in [0.29, 0.717) is 18.8 Å². The van der Waals surface area contributed by atoms with Crippen LogP contribution in [-0.4, -0.2) is 50.5 Å². The molecule has 2 heterocycles. The highest BCUT2D eigenvalue weighted by atomic mass is 35.5. The Morgan fingerprint density at radius 3 is 2.52 bits per heavy atom. The second kappa shape index (κ2) is 5.25. The largest absolute Gasteiger partial charge is 0.357 e. The Labute approximate surface area is 126 Å². The number of carbonyl (C=O) groups excluding carboxylic acids is 1. The average molecular weight is 332 g/mol. The molecule has 1 saturated heterocycles. The van der Waals surface area contributed by atoms with Gasteiger partial charge in [-0.05, 0) is 25.0 Å². The number of hydrogen-bond donors (Lipinski definition) is 2. The monoisotopic (exact) mass is 331 g/mol. The first-order valence-corrected chi connectivity index (χ1v) is 8.68. The number of rotatable bonds is 3. The standard InChI is InChI=1S/C12H15ClN3O4P/c13-10-9(2-1-5-14-10)16-7-6-15(8-3-4-8)11(17)12(16)21(18,19)20/h1-2,5,8,12H,3-4,6-7H2,(H2,18,19,20). The molecule has 1 aromatic rings. The van der Waals surface area contributed by atoms with E-state index in [1.165, 1.54) is 11.1 Å². The second-order valence-corrected chi connectivity index (χ2v) is 7.26. The van der Waals surface area contributed by atoms with Crippen LogP contribution in [0.15, 0.2) is 18.3 Å². The van der Waals surface area contributed by atoms with Gasteiger partial charge in [0.25, 0.3) is 5.91 Å². The first kappa shape index (κ1) is 14.8. The number of piperazine rings is 1. The molecule has 1 amide bonds. The third-order valence-corrected chi connectivity index (χ3v) is 5.16. The summed E-state index contributed by atoms with van der Waals surface area (Å²) in [6.45, 7) is 0.759. The number of aromatic nitrogens is 1. The number of nitrogens with zero attached hydrogens (tertiary/aromatic N) is 3. The molecule has 1 unspecified atom stereocenters. The Hall–Kier alpha value is -1.14. The number of carbonyl (C=O) groups is 1. The lowest BCUT2D eigenvalue weighted by Gasteiger charge is -2.41. The normalized spacial score (nSPS) is 23.6. The summed E-state index contributed by atoms with van der Waals surface area (Å²) in [6, 6.07) is 3.35. The van der Waals surface area contributed by atoms with Gasteiger partial charge < -0.3 is 19.6 Å². The molecule has 0 bridgehead atoms. The van der Waals surface area contributed by atoms with Crippen LogP contribution in [0.1, 0.15) is 12.8 Å². The maximum absolute atomic E-state index is 12.5. The van der Waals surface area contributed by atoms with E-state index in [0.717, 1.165) is 12.8 Å². The van der Waals surface area contributed by atoms with Crippen molar-refractivity contribution in [1.82, 2.24) is 9.88 Å². The Morgan fingerprint density at radius 1 is 1.29 bits per heavy atom. The van der Waals surface area contributed by atoms with Crippen molar-refractivity contribution in [3.8, 4) is 0 Å². The number of anilines is 1. The molecule has 1 aliphatic heterocycles. The topological polar surface area (TPSA) is 94.0 Å². The maximum atomic E-state index is 12.5. The molecular weight excluding hydrogens is 317 g/mol. The van der Waals surface area contributed by atoms with Crippen LogP contribution in [0.25, 0.3) is 0 Å². The van der Waals surface area contributed by atoms with Crippen LogP contribution in [-0.2, 0) is 9.36 Å². The molecule has 1 aromatic heterocycles. The molecule has 2 fully saturated rings. The van der Waals surface area contributed by atoms with Gasteiger partial charge in [0.15, 0.2) is 5.15 Å². The molecule has 1 atom stereocenters. The van der Waals surface area contributed by atoms with Crippen LogP contribution in [0, 0.1) is 0 Å². The lowest BCUT2D eigenvalue weighted by molar-refractivity contribution is -0.133. The van der Waals surface area contributed by atoms with Gasteiger partial charge in [0.2, 0.25) is 5.78 Å². The molecule has 1 saturated carbocycles. The zero-order chi connectivity index (χ0) is 15.2. The van der Waals surface area contributed by atoms with Crippen LogP contribution in [0.2, 0.25) is 5.15 Å². The van der Waals surface area contributed by atoms with Gasteiger partial charge in [0.05, 0.1) is 5.69 Å². The van der Waals surface area contributed by atoms with Crippen molar-refractivity contribution >= 4 is 30.8 Å². The van der Waals surface area contributed by atoms with E-state index in [1.807, 2.05) is 0 Å². The summed E-state index contributed by atoms with van der Waals surface area (Å²) in [4.78, 5) is 38.6. The van der Waals surface area contributed by atoms with Gasteiger partial charge in [0.1, 0.15) is 0 Å². The van der Waals surface area contributed by atoms with Crippen molar-refractivity contribution in [2.24, 2.45) is 0 Å². The Balaban J connectivity index is 1.98. The lowest BCUT2D eigenvalue weighted by Crippen LogP contribution is -2.57. The summed E-state index contributed by atoms with van der Waals surface area (Å²) in [6.07, 6.45) is 3.28. The summed E-state index contributed by atoms with van der Waals surface area (Å²) >= 11 is 6.00. The van der Waals surface area contributed by atoms with Gasteiger partial charge in [0, 0.05) is 25.3 Å². The van der Waals surface area contributed by atoms with E-state index in [9.17, 15) is 19.1 Å². The Bertz CT molecular complexity index is 618. The number of halogens is 1. The third-order valence-electron chi connectivity index (χ3n) is 3.74.